The first-order chi connectivity index (χ1) is 11.5. The Hall–Kier alpha value is -0.973. The highest BCUT2D eigenvalue weighted by Gasteiger charge is 2.37. The SMILES string of the molecule is CCCCC[Si]1(F)CCC(CCc2ccc(OC(F)F)cc2)CC1. The van der Waals surface area contributed by atoms with Crippen molar-refractivity contribution < 1.29 is 17.6 Å². The van der Waals surface area contributed by atoms with E-state index in [-0.39, 0.29) is 5.75 Å². The molecule has 0 saturated carbocycles. The normalized spacial score (nSPS) is 24.3. The van der Waals surface area contributed by atoms with E-state index in [1.165, 1.54) is 0 Å². The number of rotatable bonds is 9. The predicted octanol–water partition coefficient (Wildman–Crippen LogP) is 6.74. The molecule has 5 heteroatoms. The number of hydrogen-bond donors (Lipinski definition) is 0. The Kier molecular flexibility index (Phi) is 7.66. The van der Waals surface area contributed by atoms with Gasteiger partial charge in [-0.1, -0.05) is 51.2 Å². The minimum Gasteiger partial charge on any atom is -0.435 e. The van der Waals surface area contributed by atoms with Gasteiger partial charge in [-0.15, -0.1) is 0 Å². The molecule has 136 valence electrons. The minimum atomic E-state index is -2.78. The first-order valence-electron chi connectivity index (χ1n) is 9.23. The Labute approximate surface area is 144 Å². The van der Waals surface area contributed by atoms with Gasteiger partial charge in [-0.2, -0.15) is 8.78 Å². The fraction of sp³-hybridized carbons (Fsp3) is 0.684. The van der Waals surface area contributed by atoms with Gasteiger partial charge in [-0.25, -0.2) is 0 Å². The number of aryl methyl sites for hydroxylation is 1. The van der Waals surface area contributed by atoms with Crippen LogP contribution in [0.4, 0.5) is 12.9 Å². The van der Waals surface area contributed by atoms with Crippen LogP contribution >= 0.6 is 0 Å². The van der Waals surface area contributed by atoms with Crippen LogP contribution in [0.15, 0.2) is 24.3 Å². The standard InChI is InChI=1S/C19H29F3OSi/c1-2-3-4-13-24(22)14-11-17(12-15-24)6-5-16-7-9-18(10-8-16)23-19(20)21/h7-10,17,19H,2-6,11-15H2,1H3. The molecule has 0 radical (unpaired) electrons. The minimum absolute atomic E-state index is 0.201. The molecule has 0 bridgehead atoms. The van der Waals surface area contributed by atoms with Crippen molar-refractivity contribution in [1.29, 1.82) is 0 Å². The van der Waals surface area contributed by atoms with E-state index in [0.717, 1.165) is 68.6 Å². The molecule has 0 spiro atoms. The average molecular weight is 359 g/mol. The molecule has 0 amide bonds. The van der Waals surface area contributed by atoms with E-state index in [9.17, 15) is 12.9 Å². The van der Waals surface area contributed by atoms with Crippen LogP contribution in [0.3, 0.4) is 0 Å². The van der Waals surface area contributed by atoms with Crippen LogP contribution in [-0.2, 0) is 6.42 Å². The van der Waals surface area contributed by atoms with Crippen molar-refractivity contribution in [3.63, 3.8) is 0 Å². The second-order valence-electron chi connectivity index (χ2n) is 7.11. The molecule has 0 aromatic heterocycles. The first kappa shape index (κ1) is 19.4. The summed E-state index contributed by atoms with van der Waals surface area (Å²) in [5, 5.41) is 0. The van der Waals surface area contributed by atoms with Gasteiger partial charge in [0.1, 0.15) is 5.75 Å². The maximum atomic E-state index is 14.8. The van der Waals surface area contributed by atoms with E-state index in [2.05, 4.69) is 11.7 Å². The Bertz CT molecular complexity index is 470. The van der Waals surface area contributed by atoms with Crippen LogP contribution in [0.25, 0.3) is 0 Å². The van der Waals surface area contributed by atoms with Gasteiger partial charge >= 0.3 is 6.61 Å². The largest absolute Gasteiger partial charge is 0.435 e. The van der Waals surface area contributed by atoms with E-state index in [1.807, 2.05) is 12.1 Å². The van der Waals surface area contributed by atoms with Crippen molar-refractivity contribution in [1.82, 2.24) is 0 Å². The van der Waals surface area contributed by atoms with Gasteiger partial charge in [0.05, 0.1) is 0 Å². The molecule has 1 aliphatic rings. The molecule has 1 aromatic carbocycles. The zero-order valence-electron chi connectivity index (χ0n) is 14.6. The van der Waals surface area contributed by atoms with Gasteiger partial charge in [-0.3, -0.25) is 0 Å². The molecule has 1 aromatic rings. The lowest BCUT2D eigenvalue weighted by atomic mass is 9.94. The topological polar surface area (TPSA) is 9.23 Å². The summed E-state index contributed by atoms with van der Waals surface area (Å²) in [5.41, 5.74) is 1.13. The highest BCUT2D eigenvalue weighted by atomic mass is 28.4. The Balaban J connectivity index is 1.70. The molecular formula is C19H29F3OSi. The number of halogens is 3. The van der Waals surface area contributed by atoms with Gasteiger partial charge in [0, 0.05) is 0 Å². The lowest BCUT2D eigenvalue weighted by Crippen LogP contribution is -2.33. The van der Waals surface area contributed by atoms with Crippen molar-refractivity contribution in [2.75, 3.05) is 0 Å². The third-order valence-electron chi connectivity index (χ3n) is 5.22. The van der Waals surface area contributed by atoms with Crippen LogP contribution in [0, 0.1) is 5.92 Å². The number of benzene rings is 1. The smallest absolute Gasteiger partial charge is 0.387 e. The van der Waals surface area contributed by atoms with E-state index in [1.54, 1.807) is 12.1 Å². The molecule has 2 rings (SSSR count). The van der Waals surface area contributed by atoms with Crippen molar-refractivity contribution >= 4 is 8.41 Å². The maximum absolute atomic E-state index is 14.8. The molecule has 0 atom stereocenters. The summed E-state index contributed by atoms with van der Waals surface area (Å²) in [7, 11) is -2.43. The number of ether oxygens (including phenoxy) is 1. The highest BCUT2D eigenvalue weighted by molar-refractivity contribution is 6.73. The summed E-state index contributed by atoms with van der Waals surface area (Å²) in [4.78, 5) is 0. The van der Waals surface area contributed by atoms with E-state index in [4.69, 9.17) is 0 Å². The summed E-state index contributed by atoms with van der Waals surface area (Å²) in [6.07, 6.45) is 7.44. The molecule has 1 aliphatic heterocycles. The molecule has 0 N–H and O–H groups in total. The third kappa shape index (κ3) is 6.50. The van der Waals surface area contributed by atoms with Crippen LogP contribution in [0.5, 0.6) is 5.75 Å². The molecular weight excluding hydrogens is 329 g/mol. The highest BCUT2D eigenvalue weighted by Crippen LogP contribution is 2.38. The molecule has 0 aliphatic carbocycles. The van der Waals surface area contributed by atoms with Crippen molar-refractivity contribution in [3.05, 3.63) is 29.8 Å². The second-order valence-corrected chi connectivity index (χ2v) is 10.9. The summed E-state index contributed by atoms with van der Waals surface area (Å²) in [6.45, 7) is -0.615. The van der Waals surface area contributed by atoms with E-state index in [0.29, 0.717) is 5.92 Å². The average Bonchev–Trinajstić information content (AvgIpc) is 2.55. The zero-order chi connectivity index (χ0) is 17.4. The predicted molar refractivity (Wildman–Crippen MR) is 94.9 cm³/mol. The number of unbranched alkanes of at least 4 members (excludes halogenated alkanes) is 2. The van der Waals surface area contributed by atoms with Crippen LogP contribution in [0.2, 0.25) is 18.1 Å². The van der Waals surface area contributed by atoms with Crippen molar-refractivity contribution in [2.24, 2.45) is 5.92 Å². The van der Waals surface area contributed by atoms with Crippen LogP contribution < -0.4 is 4.74 Å². The summed E-state index contributed by atoms with van der Waals surface area (Å²) in [6, 6.07) is 9.41. The monoisotopic (exact) mass is 358 g/mol. The fourth-order valence-electron chi connectivity index (χ4n) is 3.63. The van der Waals surface area contributed by atoms with Crippen molar-refractivity contribution in [3.8, 4) is 5.75 Å². The van der Waals surface area contributed by atoms with Gasteiger partial charge in [0.15, 0.2) is 0 Å². The maximum Gasteiger partial charge on any atom is 0.387 e. The molecule has 1 heterocycles. The molecule has 1 saturated heterocycles. The zero-order valence-corrected chi connectivity index (χ0v) is 15.6. The lowest BCUT2D eigenvalue weighted by Gasteiger charge is -2.32. The molecule has 24 heavy (non-hydrogen) atoms. The summed E-state index contributed by atoms with van der Waals surface area (Å²) < 4.78 is 43.4. The first-order valence-corrected chi connectivity index (χ1v) is 11.7. The van der Waals surface area contributed by atoms with Crippen LogP contribution in [-0.4, -0.2) is 15.0 Å². The van der Waals surface area contributed by atoms with Crippen molar-refractivity contribution in [2.45, 2.75) is 76.6 Å². The van der Waals surface area contributed by atoms with Crippen LogP contribution in [0.1, 0.15) is 51.0 Å². The molecule has 1 fully saturated rings. The van der Waals surface area contributed by atoms with E-state index >= 15 is 0 Å². The lowest BCUT2D eigenvalue weighted by molar-refractivity contribution is -0.0498. The van der Waals surface area contributed by atoms with Gasteiger partial charge in [0.25, 0.3) is 0 Å². The number of hydrogen-bond acceptors (Lipinski definition) is 1. The van der Waals surface area contributed by atoms with E-state index < -0.39 is 15.0 Å². The Morgan fingerprint density at radius 3 is 2.38 bits per heavy atom. The fourth-order valence-corrected chi connectivity index (χ4v) is 7.12. The summed E-state index contributed by atoms with van der Waals surface area (Å²) >= 11 is 0. The van der Waals surface area contributed by atoms with Gasteiger partial charge < -0.3 is 8.84 Å². The van der Waals surface area contributed by atoms with Gasteiger partial charge in [-0.05, 0) is 54.6 Å². The quantitative estimate of drug-likeness (QED) is 0.270. The van der Waals surface area contributed by atoms with Gasteiger partial charge in [0.2, 0.25) is 8.41 Å². The summed E-state index contributed by atoms with van der Waals surface area (Å²) in [5.74, 6) is 0.816. The Morgan fingerprint density at radius 2 is 1.79 bits per heavy atom. The second kappa shape index (κ2) is 9.49. The Morgan fingerprint density at radius 1 is 1.12 bits per heavy atom. The third-order valence-corrected chi connectivity index (χ3v) is 8.84. The molecule has 0 unspecified atom stereocenters. The molecule has 1 nitrogen and oxygen atoms in total. The number of alkyl halides is 2.